The minimum atomic E-state index is 0.511. The predicted octanol–water partition coefficient (Wildman–Crippen LogP) is 1.86. The van der Waals surface area contributed by atoms with Crippen LogP contribution in [0, 0.1) is 0 Å². The van der Waals surface area contributed by atoms with Gasteiger partial charge in [0.1, 0.15) is 4.70 Å². The molecule has 0 aliphatic carbocycles. The second-order valence-electron chi connectivity index (χ2n) is 2.54. The number of hydrogen-bond acceptors (Lipinski definition) is 2. The van der Waals surface area contributed by atoms with Crippen molar-refractivity contribution in [3.05, 3.63) is 29.8 Å². The zero-order valence-corrected chi connectivity index (χ0v) is 8.52. The Morgan fingerprint density at radius 1 is 1.38 bits per heavy atom. The number of fused-ring (bicyclic) bond motifs is 1. The first-order chi connectivity index (χ1) is 6.42. The molecule has 1 aromatic carbocycles. The average molecular weight is 215 g/mol. The second kappa shape index (κ2) is 3.94. The summed E-state index contributed by atoms with van der Waals surface area (Å²) >= 11 is 7.19. The molecule has 0 saturated carbocycles. The number of halogens is 1. The number of para-hydroxylation sites is 1. The molecular weight excluding hydrogens is 206 g/mol. The number of benzene rings is 1. The van der Waals surface area contributed by atoms with Gasteiger partial charge in [-0.05, 0) is 6.07 Å². The number of hydrogen-bond donors (Lipinski definition) is 0. The molecule has 2 rings (SSSR count). The Morgan fingerprint density at radius 3 is 3.08 bits per heavy atom. The Kier molecular flexibility index (Phi) is 2.66. The van der Waals surface area contributed by atoms with Crippen LogP contribution in [0.15, 0.2) is 29.8 Å². The molecule has 0 atom stereocenters. The van der Waals surface area contributed by atoms with Crippen molar-refractivity contribution in [3.8, 4) is 0 Å². The van der Waals surface area contributed by atoms with E-state index in [-0.39, 0.29) is 0 Å². The summed E-state index contributed by atoms with van der Waals surface area (Å²) in [7, 11) is 0. The summed E-state index contributed by atoms with van der Waals surface area (Å²) in [6.45, 7) is 0.535. The van der Waals surface area contributed by atoms with Crippen molar-refractivity contribution < 1.29 is 9.57 Å². The van der Waals surface area contributed by atoms with Crippen molar-refractivity contribution in [1.29, 1.82) is 0 Å². The van der Waals surface area contributed by atoms with Gasteiger partial charge in [-0.3, -0.25) is 4.84 Å². The van der Waals surface area contributed by atoms with Gasteiger partial charge in [-0.1, -0.05) is 23.5 Å². The third kappa shape index (κ3) is 1.76. The van der Waals surface area contributed by atoms with Gasteiger partial charge in [0.05, 0.1) is 5.88 Å². The lowest BCUT2D eigenvalue weighted by molar-refractivity contribution is -0.867. The molecule has 0 amide bonds. The zero-order chi connectivity index (χ0) is 9.10. The summed E-state index contributed by atoms with van der Waals surface area (Å²) in [6, 6.07) is 8.11. The van der Waals surface area contributed by atoms with Gasteiger partial charge in [-0.25, -0.2) is 0 Å². The van der Waals surface area contributed by atoms with Gasteiger partial charge in [0.2, 0.25) is 0 Å². The Morgan fingerprint density at radius 2 is 2.23 bits per heavy atom. The van der Waals surface area contributed by atoms with Crippen LogP contribution in [0.4, 0.5) is 0 Å². The standard InChI is InChI=1S/C9H9ClNOS/c10-5-6-12-11-7-13-9-4-2-1-3-8(9)11/h1-4,7H,5-6H2/q+1. The SMILES string of the molecule is ClCCO[n+]1csc2ccccc21. The fourth-order valence-corrected chi connectivity index (χ4v) is 2.02. The van der Waals surface area contributed by atoms with Crippen LogP contribution in [-0.2, 0) is 0 Å². The minimum Gasteiger partial charge on any atom is -0.269 e. The Labute approximate surface area is 85.3 Å². The molecule has 13 heavy (non-hydrogen) atoms. The summed E-state index contributed by atoms with van der Waals surface area (Å²) in [5.41, 5.74) is 3.04. The maximum absolute atomic E-state index is 5.53. The Hall–Kier alpha value is -0.800. The van der Waals surface area contributed by atoms with Gasteiger partial charge in [0, 0.05) is 10.8 Å². The van der Waals surface area contributed by atoms with Crippen molar-refractivity contribution in [2.24, 2.45) is 0 Å². The Balaban J connectivity index is 2.35. The van der Waals surface area contributed by atoms with E-state index in [1.165, 1.54) is 4.70 Å². The first-order valence-corrected chi connectivity index (χ1v) is 5.40. The molecule has 0 spiro atoms. The predicted molar refractivity (Wildman–Crippen MR) is 54.2 cm³/mol. The van der Waals surface area contributed by atoms with E-state index in [2.05, 4.69) is 6.07 Å². The van der Waals surface area contributed by atoms with Crippen molar-refractivity contribution in [2.45, 2.75) is 0 Å². The van der Waals surface area contributed by atoms with Gasteiger partial charge in [0.15, 0.2) is 6.61 Å². The summed E-state index contributed by atoms with van der Waals surface area (Å²) in [4.78, 5) is 5.40. The first-order valence-electron chi connectivity index (χ1n) is 3.99. The molecule has 1 heterocycles. The summed E-state index contributed by atoms with van der Waals surface area (Å²) in [6.07, 6.45) is 0. The van der Waals surface area contributed by atoms with Crippen molar-refractivity contribution in [1.82, 2.24) is 0 Å². The van der Waals surface area contributed by atoms with E-state index in [4.69, 9.17) is 16.4 Å². The topological polar surface area (TPSA) is 13.1 Å². The number of rotatable bonds is 3. The molecule has 2 nitrogen and oxygen atoms in total. The molecule has 0 fully saturated rings. The van der Waals surface area contributed by atoms with Crippen LogP contribution in [-0.4, -0.2) is 12.5 Å². The maximum Gasteiger partial charge on any atom is 0.278 e. The van der Waals surface area contributed by atoms with Crippen LogP contribution in [0.5, 0.6) is 0 Å². The fourth-order valence-electron chi connectivity index (χ4n) is 1.13. The normalized spacial score (nSPS) is 10.5. The molecule has 68 valence electrons. The van der Waals surface area contributed by atoms with Crippen LogP contribution in [0.25, 0.3) is 10.2 Å². The molecule has 0 unspecified atom stereocenters. The monoisotopic (exact) mass is 214 g/mol. The van der Waals surface area contributed by atoms with Crippen LogP contribution in [0.2, 0.25) is 0 Å². The van der Waals surface area contributed by atoms with Gasteiger partial charge < -0.3 is 0 Å². The second-order valence-corrected chi connectivity index (χ2v) is 3.80. The van der Waals surface area contributed by atoms with Gasteiger partial charge >= 0.3 is 0 Å². The van der Waals surface area contributed by atoms with Crippen LogP contribution in [0.1, 0.15) is 0 Å². The van der Waals surface area contributed by atoms with E-state index < -0.39 is 0 Å². The molecular formula is C9H9ClNOS+. The van der Waals surface area contributed by atoms with Crippen molar-refractivity contribution >= 4 is 33.2 Å². The van der Waals surface area contributed by atoms with E-state index >= 15 is 0 Å². The molecule has 0 aliphatic rings. The molecule has 0 saturated heterocycles. The van der Waals surface area contributed by atoms with Crippen molar-refractivity contribution in [3.63, 3.8) is 0 Å². The van der Waals surface area contributed by atoms with E-state index in [0.717, 1.165) is 5.52 Å². The lowest BCUT2D eigenvalue weighted by Gasteiger charge is -1.91. The first kappa shape index (κ1) is 8.78. The summed E-state index contributed by atoms with van der Waals surface area (Å²) < 4.78 is 2.99. The molecule has 0 N–H and O–H groups in total. The van der Waals surface area contributed by atoms with Crippen LogP contribution < -0.4 is 9.57 Å². The van der Waals surface area contributed by atoms with Crippen LogP contribution in [0.3, 0.4) is 0 Å². The molecule has 0 aliphatic heterocycles. The highest BCUT2D eigenvalue weighted by Crippen LogP contribution is 2.13. The molecule has 0 bridgehead atoms. The highest BCUT2D eigenvalue weighted by atomic mass is 35.5. The lowest BCUT2D eigenvalue weighted by atomic mass is 10.3. The number of nitrogens with zero attached hydrogens (tertiary/aromatic N) is 1. The highest BCUT2D eigenvalue weighted by Gasteiger charge is 2.11. The largest absolute Gasteiger partial charge is 0.278 e. The minimum absolute atomic E-state index is 0.511. The van der Waals surface area contributed by atoms with Crippen LogP contribution >= 0.6 is 22.9 Å². The third-order valence-corrected chi connectivity index (χ3v) is 2.74. The van der Waals surface area contributed by atoms with Gasteiger partial charge in [0.25, 0.3) is 11.0 Å². The quantitative estimate of drug-likeness (QED) is 0.562. The average Bonchev–Trinajstić information content (AvgIpc) is 2.58. The number of alkyl halides is 1. The number of thiazole rings is 1. The van der Waals surface area contributed by atoms with E-state index in [1.807, 2.05) is 23.7 Å². The molecule has 1 aromatic heterocycles. The van der Waals surface area contributed by atoms with Crippen molar-refractivity contribution in [2.75, 3.05) is 12.5 Å². The van der Waals surface area contributed by atoms with E-state index in [9.17, 15) is 0 Å². The summed E-state index contributed by atoms with van der Waals surface area (Å²) in [5.74, 6) is 0.511. The lowest BCUT2D eigenvalue weighted by Crippen LogP contribution is -2.41. The zero-order valence-electron chi connectivity index (χ0n) is 6.94. The molecule has 2 aromatic rings. The van der Waals surface area contributed by atoms with E-state index in [0.29, 0.717) is 12.5 Å². The smallest absolute Gasteiger partial charge is 0.269 e. The number of aromatic nitrogens is 1. The fraction of sp³-hybridized carbons (Fsp3) is 0.222. The Bertz CT molecular complexity index is 401. The third-order valence-electron chi connectivity index (χ3n) is 1.69. The molecule has 0 radical (unpaired) electrons. The van der Waals surface area contributed by atoms with Gasteiger partial charge in [-0.15, -0.1) is 11.6 Å². The molecule has 4 heteroatoms. The van der Waals surface area contributed by atoms with E-state index in [1.54, 1.807) is 16.1 Å². The van der Waals surface area contributed by atoms with Gasteiger partial charge in [-0.2, -0.15) is 0 Å². The maximum atomic E-state index is 5.53. The summed E-state index contributed by atoms with van der Waals surface area (Å²) in [5, 5.41) is 0. The highest BCUT2D eigenvalue weighted by molar-refractivity contribution is 7.16.